The molecule has 155 valence electrons. The predicted octanol–water partition coefficient (Wildman–Crippen LogP) is 6.15. The number of hydrogen-bond donors (Lipinski definition) is 1. The van der Waals surface area contributed by atoms with Gasteiger partial charge in [-0.15, -0.1) is 0 Å². The van der Waals surface area contributed by atoms with Gasteiger partial charge in [-0.1, -0.05) is 60.7 Å². The van der Waals surface area contributed by atoms with E-state index in [4.69, 9.17) is 0 Å². The van der Waals surface area contributed by atoms with Crippen LogP contribution >= 0.6 is 7.92 Å². The van der Waals surface area contributed by atoms with E-state index in [-0.39, 0.29) is 33.6 Å². The zero-order chi connectivity index (χ0) is 20.1. The zero-order valence-electron chi connectivity index (χ0n) is 18.1. The quantitative estimate of drug-likeness (QED) is 0.267. The summed E-state index contributed by atoms with van der Waals surface area (Å²) in [6.07, 6.45) is 0.788. The first-order chi connectivity index (χ1) is 13.6. The number of hydrogen-bond acceptors (Lipinski definition) is 1. The second kappa shape index (κ2) is 16.1. The molecular formula is C27H32OPZr. The largest absolute Gasteiger partial charge is 3.00 e. The summed E-state index contributed by atoms with van der Waals surface area (Å²) in [6.45, 7) is 3.77. The molecule has 0 heterocycles. The third-order valence-corrected chi connectivity index (χ3v) is 6.72. The third kappa shape index (κ3) is 12.2. The Hall–Kier alpha value is -1.59. The fraction of sp³-hybridized carbons (Fsp3) is 0.148. The number of aliphatic hydroxyl groups is 1. The van der Waals surface area contributed by atoms with Crippen molar-refractivity contribution < 1.29 is 31.3 Å². The summed E-state index contributed by atoms with van der Waals surface area (Å²) in [5.41, 5.74) is -0.641. The summed E-state index contributed by atoms with van der Waals surface area (Å²) < 4.78 is 0. The van der Waals surface area contributed by atoms with E-state index in [9.17, 15) is 5.11 Å². The van der Waals surface area contributed by atoms with E-state index in [0.717, 1.165) is 6.16 Å². The van der Waals surface area contributed by atoms with E-state index >= 15 is 0 Å². The van der Waals surface area contributed by atoms with Gasteiger partial charge in [0.15, 0.2) is 0 Å². The van der Waals surface area contributed by atoms with Gasteiger partial charge in [0, 0.05) is 6.16 Å². The third-order valence-electron chi connectivity index (χ3n) is 3.79. The van der Waals surface area contributed by atoms with Crippen molar-refractivity contribution in [2.45, 2.75) is 19.4 Å². The molecule has 0 aliphatic carbocycles. The smallest absolute Gasteiger partial charge is 0.390 e. The number of benzene rings is 2. The summed E-state index contributed by atoms with van der Waals surface area (Å²) in [6, 6.07) is 41.0. The molecule has 4 aromatic carbocycles. The summed E-state index contributed by atoms with van der Waals surface area (Å²) in [5.74, 6) is 0. The standard InChI is InChI=1S/C16H19OP.2C5H5.CH3.Zr/c1-16(2,17)13-18(14-9-5-3-6-10-14)15-11-7-4-8-12-15;2*1-2-4-5-3-1;;/h3-12,17H,13H2,1-2H3;2*1-5H;1H3;/q;3*-1;+3. The van der Waals surface area contributed by atoms with Gasteiger partial charge in [0.05, 0.1) is 5.60 Å². The monoisotopic (exact) mass is 493 g/mol. The van der Waals surface area contributed by atoms with Crippen LogP contribution in [0.1, 0.15) is 13.8 Å². The Balaban J connectivity index is 0.000000575. The molecule has 0 saturated carbocycles. The van der Waals surface area contributed by atoms with Gasteiger partial charge in [-0.05, 0) is 32.4 Å². The average molecular weight is 495 g/mol. The molecule has 0 bridgehead atoms. The maximum atomic E-state index is 10.1. The van der Waals surface area contributed by atoms with Crippen molar-refractivity contribution in [3.05, 3.63) is 129 Å². The molecule has 1 radical (unpaired) electrons. The molecule has 4 aromatic rings. The van der Waals surface area contributed by atoms with Crippen molar-refractivity contribution in [2.75, 3.05) is 6.16 Å². The van der Waals surface area contributed by atoms with E-state index in [0.29, 0.717) is 0 Å². The van der Waals surface area contributed by atoms with Crippen LogP contribution in [0.5, 0.6) is 0 Å². The normalized spacial score (nSPS) is 9.73. The first-order valence-corrected chi connectivity index (χ1v) is 11.0. The Labute approximate surface area is 203 Å². The fourth-order valence-electron chi connectivity index (χ4n) is 2.58. The van der Waals surface area contributed by atoms with E-state index in [1.165, 1.54) is 10.6 Å². The van der Waals surface area contributed by atoms with E-state index in [1.807, 2.05) is 86.6 Å². The SMILES string of the molecule is CC(C)(O)CP(c1ccccc1)c1ccccc1.[CH3-].[Zr+3].c1cc[cH-]c1.c1cc[cH-]c1. The molecule has 0 aliphatic rings. The van der Waals surface area contributed by atoms with Crippen LogP contribution < -0.4 is 10.6 Å². The van der Waals surface area contributed by atoms with Gasteiger partial charge < -0.3 is 12.5 Å². The molecule has 0 spiro atoms. The topological polar surface area (TPSA) is 20.2 Å². The van der Waals surface area contributed by atoms with Gasteiger partial charge in [-0.2, -0.15) is 36.4 Å². The Bertz CT molecular complexity index is 720. The van der Waals surface area contributed by atoms with Crippen molar-refractivity contribution >= 4 is 18.5 Å². The molecule has 4 rings (SSSR count). The van der Waals surface area contributed by atoms with Crippen molar-refractivity contribution in [2.24, 2.45) is 0 Å². The van der Waals surface area contributed by atoms with Crippen LogP contribution in [0.3, 0.4) is 0 Å². The molecular weight excluding hydrogens is 462 g/mol. The predicted molar refractivity (Wildman–Crippen MR) is 131 cm³/mol. The second-order valence-electron chi connectivity index (χ2n) is 6.99. The van der Waals surface area contributed by atoms with Crippen molar-refractivity contribution in [1.29, 1.82) is 0 Å². The van der Waals surface area contributed by atoms with Crippen molar-refractivity contribution in [3.63, 3.8) is 0 Å². The maximum absolute atomic E-state index is 10.1. The molecule has 3 heteroatoms. The minimum atomic E-state index is -0.641. The number of rotatable bonds is 4. The van der Waals surface area contributed by atoms with Crippen LogP contribution in [-0.4, -0.2) is 16.9 Å². The Morgan fingerprint density at radius 1 is 0.667 bits per heavy atom. The summed E-state index contributed by atoms with van der Waals surface area (Å²) >= 11 is 0. The Morgan fingerprint density at radius 2 is 1.00 bits per heavy atom. The van der Waals surface area contributed by atoms with Gasteiger partial charge in [-0.25, -0.2) is 24.3 Å². The average Bonchev–Trinajstić information content (AvgIpc) is 3.46. The Morgan fingerprint density at radius 3 is 1.23 bits per heavy atom. The molecule has 0 aromatic heterocycles. The minimum absolute atomic E-state index is 0. The van der Waals surface area contributed by atoms with E-state index in [2.05, 4.69) is 48.5 Å². The van der Waals surface area contributed by atoms with Gasteiger partial charge in [0.2, 0.25) is 0 Å². The van der Waals surface area contributed by atoms with Crippen LogP contribution in [0, 0.1) is 7.43 Å². The van der Waals surface area contributed by atoms with Gasteiger partial charge in [-0.3, -0.25) is 0 Å². The van der Waals surface area contributed by atoms with Crippen LogP contribution in [-0.2, 0) is 26.2 Å². The summed E-state index contributed by atoms with van der Waals surface area (Å²) in [5, 5.41) is 12.8. The molecule has 0 saturated heterocycles. The molecule has 0 amide bonds. The summed E-state index contributed by atoms with van der Waals surface area (Å²) in [7, 11) is -0.489. The van der Waals surface area contributed by atoms with Gasteiger partial charge in [0.25, 0.3) is 0 Å². The molecule has 0 fully saturated rings. The van der Waals surface area contributed by atoms with Crippen molar-refractivity contribution in [1.82, 2.24) is 0 Å². The molecule has 1 N–H and O–H groups in total. The van der Waals surface area contributed by atoms with Gasteiger partial charge >= 0.3 is 26.2 Å². The van der Waals surface area contributed by atoms with E-state index < -0.39 is 13.5 Å². The fourth-order valence-corrected chi connectivity index (χ4v) is 5.08. The van der Waals surface area contributed by atoms with E-state index in [1.54, 1.807) is 0 Å². The van der Waals surface area contributed by atoms with Crippen molar-refractivity contribution in [3.8, 4) is 0 Å². The van der Waals surface area contributed by atoms with Crippen LogP contribution in [0.25, 0.3) is 0 Å². The first kappa shape index (κ1) is 28.4. The Kier molecular flexibility index (Phi) is 15.3. The second-order valence-corrected chi connectivity index (χ2v) is 9.20. The molecule has 0 unspecified atom stereocenters. The minimum Gasteiger partial charge on any atom is -0.390 e. The molecule has 0 aliphatic heterocycles. The molecule has 1 nitrogen and oxygen atoms in total. The maximum Gasteiger partial charge on any atom is 3.00 e. The summed E-state index contributed by atoms with van der Waals surface area (Å²) in [4.78, 5) is 0. The van der Waals surface area contributed by atoms with Crippen LogP contribution in [0.2, 0.25) is 0 Å². The zero-order valence-corrected chi connectivity index (χ0v) is 21.5. The molecule has 30 heavy (non-hydrogen) atoms. The van der Waals surface area contributed by atoms with Crippen LogP contribution in [0.4, 0.5) is 0 Å². The van der Waals surface area contributed by atoms with Crippen LogP contribution in [0.15, 0.2) is 121 Å². The van der Waals surface area contributed by atoms with Gasteiger partial charge in [0.1, 0.15) is 0 Å². The first-order valence-electron chi connectivity index (χ1n) is 9.50. The molecule has 0 atom stereocenters.